The van der Waals surface area contributed by atoms with Gasteiger partial charge in [-0.15, -0.1) is 0 Å². The molecule has 2 atom stereocenters. The fourth-order valence-electron chi connectivity index (χ4n) is 1.69. The minimum Gasteiger partial charge on any atom is -0.497 e. The number of benzene rings is 1. The fourth-order valence-corrected chi connectivity index (χ4v) is 1.69. The van der Waals surface area contributed by atoms with Crippen molar-refractivity contribution in [3.05, 3.63) is 29.8 Å². The zero-order valence-electron chi connectivity index (χ0n) is 10.2. The number of hydrogen-bond donors (Lipinski definition) is 2. The van der Waals surface area contributed by atoms with Gasteiger partial charge in [-0.25, -0.2) is 0 Å². The number of ether oxygens (including phenoxy) is 1. The molecule has 0 aliphatic carbocycles. The molecular weight excluding hydrogens is 218 g/mol. The van der Waals surface area contributed by atoms with Crippen molar-refractivity contribution in [2.75, 3.05) is 7.11 Å². The van der Waals surface area contributed by atoms with Gasteiger partial charge < -0.3 is 15.6 Å². The molecule has 0 fully saturated rings. The second-order valence-corrected chi connectivity index (χ2v) is 4.07. The summed E-state index contributed by atoms with van der Waals surface area (Å²) in [6, 6.07) is 7.00. The van der Waals surface area contributed by atoms with Gasteiger partial charge in [0, 0.05) is 6.04 Å². The number of rotatable bonds is 6. The van der Waals surface area contributed by atoms with Crippen molar-refractivity contribution in [2.24, 2.45) is 5.73 Å². The highest BCUT2D eigenvalue weighted by Gasteiger charge is 2.22. The molecule has 94 valence electrons. The van der Waals surface area contributed by atoms with Crippen LogP contribution in [0.5, 0.6) is 5.75 Å². The Hall–Kier alpha value is -1.55. The molecule has 0 aliphatic heterocycles. The van der Waals surface area contributed by atoms with Crippen LogP contribution < -0.4 is 10.5 Å². The largest absolute Gasteiger partial charge is 0.497 e. The van der Waals surface area contributed by atoms with Crippen molar-refractivity contribution in [1.82, 2.24) is 0 Å². The normalized spacial score (nSPS) is 14.1. The van der Waals surface area contributed by atoms with Crippen LogP contribution in [0.25, 0.3) is 0 Å². The Morgan fingerprint density at radius 1 is 1.41 bits per heavy atom. The predicted octanol–water partition coefficient (Wildman–Crippen LogP) is 1.99. The molecule has 3 N–H and O–H groups in total. The van der Waals surface area contributed by atoms with Crippen LogP contribution in [0.4, 0.5) is 0 Å². The third-order valence-electron chi connectivity index (χ3n) is 2.88. The van der Waals surface area contributed by atoms with Crippen molar-refractivity contribution in [3.8, 4) is 5.75 Å². The molecule has 0 aromatic heterocycles. The summed E-state index contributed by atoms with van der Waals surface area (Å²) in [5.41, 5.74) is 6.58. The van der Waals surface area contributed by atoms with Gasteiger partial charge in [-0.05, 0) is 30.5 Å². The van der Waals surface area contributed by atoms with Crippen LogP contribution in [0.1, 0.15) is 31.2 Å². The highest BCUT2D eigenvalue weighted by molar-refractivity contribution is 5.76. The smallest absolute Gasteiger partial charge is 0.311 e. The van der Waals surface area contributed by atoms with E-state index < -0.39 is 11.9 Å². The molecule has 0 spiro atoms. The summed E-state index contributed by atoms with van der Waals surface area (Å²) in [4.78, 5) is 11.2. The SMILES string of the molecule is CCC(N)CC(C(=O)O)c1ccc(OC)cc1. The van der Waals surface area contributed by atoms with E-state index in [0.29, 0.717) is 6.42 Å². The molecule has 0 radical (unpaired) electrons. The van der Waals surface area contributed by atoms with E-state index in [1.165, 1.54) is 0 Å². The van der Waals surface area contributed by atoms with E-state index in [-0.39, 0.29) is 6.04 Å². The molecule has 0 saturated carbocycles. The molecule has 0 aliphatic rings. The maximum absolute atomic E-state index is 11.2. The monoisotopic (exact) mass is 237 g/mol. The summed E-state index contributed by atoms with van der Waals surface area (Å²) in [5.74, 6) is -0.660. The molecule has 0 heterocycles. The standard InChI is InChI=1S/C13H19NO3/c1-3-10(14)8-12(13(15)16)9-4-6-11(17-2)7-5-9/h4-7,10,12H,3,8,14H2,1-2H3,(H,15,16). The number of nitrogens with two attached hydrogens (primary N) is 1. The Morgan fingerprint density at radius 2 is 2.00 bits per heavy atom. The van der Waals surface area contributed by atoms with Gasteiger partial charge in [0.25, 0.3) is 0 Å². The number of carboxylic acids is 1. The van der Waals surface area contributed by atoms with Crippen molar-refractivity contribution in [1.29, 1.82) is 0 Å². The molecule has 0 bridgehead atoms. The van der Waals surface area contributed by atoms with Gasteiger partial charge in [0.15, 0.2) is 0 Å². The average molecular weight is 237 g/mol. The maximum atomic E-state index is 11.2. The summed E-state index contributed by atoms with van der Waals surface area (Å²) >= 11 is 0. The Balaban J connectivity index is 2.85. The predicted molar refractivity (Wildman–Crippen MR) is 66.3 cm³/mol. The molecule has 0 amide bonds. The molecule has 4 nitrogen and oxygen atoms in total. The molecular formula is C13H19NO3. The van der Waals surface area contributed by atoms with Crippen LogP contribution in [0.2, 0.25) is 0 Å². The van der Waals surface area contributed by atoms with Gasteiger partial charge in [0.05, 0.1) is 13.0 Å². The molecule has 1 aromatic carbocycles. The molecule has 4 heteroatoms. The highest BCUT2D eigenvalue weighted by atomic mass is 16.5. The molecule has 2 unspecified atom stereocenters. The van der Waals surface area contributed by atoms with Crippen LogP contribution in [-0.2, 0) is 4.79 Å². The lowest BCUT2D eigenvalue weighted by atomic mass is 9.91. The third kappa shape index (κ3) is 3.75. The minimum absolute atomic E-state index is 0.0850. The van der Waals surface area contributed by atoms with Crippen molar-refractivity contribution in [3.63, 3.8) is 0 Å². The summed E-state index contributed by atoms with van der Waals surface area (Å²) < 4.78 is 5.04. The Bertz CT molecular complexity index is 361. The van der Waals surface area contributed by atoms with E-state index in [0.717, 1.165) is 17.7 Å². The van der Waals surface area contributed by atoms with E-state index in [2.05, 4.69) is 0 Å². The highest BCUT2D eigenvalue weighted by Crippen LogP contribution is 2.24. The minimum atomic E-state index is -0.834. The Kier molecular flexibility index (Phi) is 4.97. The summed E-state index contributed by atoms with van der Waals surface area (Å²) in [5, 5.41) is 9.21. The molecule has 1 rings (SSSR count). The van der Waals surface area contributed by atoms with E-state index in [1.54, 1.807) is 31.4 Å². The fraction of sp³-hybridized carbons (Fsp3) is 0.462. The number of carboxylic acid groups (broad SMARTS) is 1. The first kappa shape index (κ1) is 13.5. The van der Waals surface area contributed by atoms with Gasteiger partial charge >= 0.3 is 5.97 Å². The first-order chi connectivity index (χ1) is 8.08. The number of hydrogen-bond acceptors (Lipinski definition) is 3. The van der Waals surface area contributed by atoms with Crippen LogP contribution in [-0.4, -0.2) is 24.2 Å². The Labute approximate surface area is 101 Å². The topological polar surface area (TPSA) is 72.6 Å². The zero-order valence-corrected chi connectivity index (χ0v) is 10.2. The second-order valence-electron chi connectivity index (χ2n) is 4.07. The quantitative estimate of drug-likeness (QED) is 0.793. The van der Waals surface area contributed by atoms with Crippen LogP contribution in [0.3, 0.4) is 0 Å². The van der Waals surface area contributed by atoms with Crippen LogP contribution >= 0.6 is 0 Å². The molecule has 0 saturated heterocycles. The van der Waals surface area contributed by atoms with E-state index in [1.807, 2.05) is 6.92 Å². The summed E-state index contributed by atoms with van der Waals surface area (Å²) in [7, 11) is 1.58. The summed E-state index contributed by atoms with van der Waals surface area (Å²) in [6.07, 6.45) is 1.23. The van der Waals surface area contributed by atoms with Gasteiger partial charge in [0.2, 0.25) is 0 Å². The zero-order chi connectivity index (χ0) is 12.8. The van der Waals surface area contributed by atoms with Gasteiger partial charge in [-0.2, -0.15) is 0 Å². The van der Waals surface area contributed by atoms with Crippen molar-refractivity contribution < 1.29 is 14.6 Å². The van der Waals surface area contributed by atoms with E-state index in [4.69, 9.17) is 10.5 Å². The molecule has 1 aromatic rings. The number of carbonyl (C=O) groups is 1. The maximum Gasteiger partial charge on any atom is 0.311 e. The van der Waals surface area contributed by atoms with E-state index in [9.17, 15) is 9.90 Å². The lowest BCUT2D eigenvalue weighted by Crippen LogP contribution is -2.25. The van der Waals surface area contributed by atoms with Gasteiger partial charge in [0.1, 0.15) is 5.75 Å². The average Bonchev–Trinajstić information content (AvgIpc) is 2.35. The van der Waals surface area contributed by atoms with Crippen LogP contribution in [0.15, 0.2) is 24.3 Å². The van der Waals surface area contributed by atoms with Crippen molar-refractivity contribution >= 4 is 5.97 Å². The van der Waals surface area contributed by atoms with Crippen LogP contribution in [0, 0.1) is 0 Å². The van der Waals surface area contributed by atoms with E-state index >= 15 is 0 Å². The number of aliphatic carboxylic acids is 1. The molecule has 17 heavy (non-hydrogen) atoms. The van der Waals surface area contributed by atoms with Gasteiger partial charge in [-0.3, -0.25) is 4.79 Å². The number of methoxy groups -OCH3 is 1. The van der Waals surface area contributed by atoms with Crippen molar-refractivity contribution in [2.45, 2.75) is 31.7 Å². The Morgan fingerprint density at radius 3 is 2.41 bits per heavy atom. The lowest BCUT2D eigenvalue weighted by Gasteiger charge is -2.17. The lowest BCUT2D eigenvalue weighted by molar-refractivity contribution is -0.139. The van der Waals surface area contributed by atoms with Gasteiger partial charge in [-0.1, -0.05) is 19.1 Å². The summed E-state index contributed by atoms with van der Waals surface area (Å²) in [6.45, 7) is 1.96. The third-order valence-corrected chi connectivity index (χ3v) is 2.88. The first-order valence-electron chi connectivity index (χ1n) is 5.70. The first-order valence-corrected chi connectivity index (χ1v) is 5.70. The second kappa shape index (κ2) is 6.25.